The van der Waals surface area contributed by atoms with Crippen LogP contribution in [-0.4, -0.2) is 22.4 Å². The normalized spacial score (nSPS) is 12.2. The second kappa shape index (κ2) is 7.08. The first-order valence-electron chi connectivity index (χ1n) is 6.94. The van der Waals surface area contributed by atoms with Crippen molar-refractivity contribution in [2.75, 3.05) is 7.11 Å². The van der Waals surface area contributed by atoms with Crippen molar-refractivity contribution >= 4 is 0 Å². The van der Waals surface area contributed by atoms with Gasteiger partial charge < -0.3 is 19.1 Å². The molecule has 0 saturated heterocycles. The van der Waals surface area contributed by atoms with Crippen LogP contribution in [0.15, 0.2) is 22.7 Å². The first kappa shape index (κ1) is 15.3. The fraction of sp³-hybridized carbons (Fsp3) is 0.467. The van der Waals surface area contributed by atoms with E-state index in [1.807, 2.05) is 6.92 Å². The summed E-state index contributed by atoms with van der Waals surface area (Å²) in [6.45, 7) is 3.91. The van der Waals surface area contributed by atoms with Crippen LogP contribution in [0.5, 0.6) is 11.5 Å². The van der Waals surface area contributed by atoms with Gasteiger partial charge in [-0.1, -0.05) is 12.1 Å². The van der Waals surface area contributed by atoms with Gasteiger partial charge in [-0.05, 0) is 25.5 Å². The lowest BCUT2D eigenvalue weighted by molar-refractivity contribution is 0.189. The maximum atomic E-state index is 9.77. The quantitative estimate of drug-likeness (QED) is 0.845. The van der Waals surface area contributed by atoms with Crippen LogP contribution >= 0.6 is 0 Å². The molecule has 1 aromatic heterocycles. The summed E-state index contributed by atoms with van der Waals surface area (Å²) in [5.74, 6) is 2.30. The van der Waals surface area contributed by atoms with E-state index in [9.17, 15) is 5.11 Å². The maximum absolute atomic E-state index is 9.77. The summed E-state index contributed by atoms with van der Waals surface area (Å²) >= 11 is 0. The number of methoxy groups -OCH3 is 1. The monoisotopic (exact) mass is 292 g/mol. The molecule has 0 bridgehead atoms. The van der Waals surface area contributed by atoms with Gasteiger partial charge >= 0.3 is 0 Å². The molecule has 114 valence electrons. The fourth-order valence-electron chi connectivity index (χ4n) is 1.92. The zero-order chi connectivity index (χ0) is 15.2. The van der Waals surface area contributed by atoms with Crippen LogP contribution in [0.2, 0.25) is 0 Å². The third kappa shape index (κ3) is 3.95. The Hall–Kier alpha value is -2.08. The third-order valence-corrected chi connectivity index (χ3v) is 3.00. The van der Waals surface area contributed by atoms with Gasteiger partial charge in [-0.25, -0.2) is 0 Å². The molecule has 0 spiro atoms. The van der Waals surface area contributed by atoms with E-state index >= 15 is 0 Å². The predicted molar refractivity (Wildman–Crippen MR) is 76.3 cm³/mol. The number of aliphatic hydroxyl groups excluding tert-OH is 1. The number of hydrogen-bond acceptors (Lipinski definition) is 6. The molecule has 2 aromatic rings. The van der Waals surface area contributed by atoms with Crippen molar-refractivity contribution in [1.29, 1.82) is 0 Å². The Morgan fingerprint density at radius 3 is 2.86 bits per heavy atom. The van der Waals surface area contributed by atoms with Gasteiger partial charge in [0.05, 0.1) is 13.2 Å². The first-order valence-corrected chi connectivity index (χ1v) is 6.94. The molecule has 0 amide bonds. The molecule has 6 heteroatoms. The van der Waals surface area contributed by atoms with E-state index in [0.717, 1.165) is 12.8 Å². The number of aromatic nitrogens is 2. The van der Waals surface area contributed by atoms with E-state index in [1.54, 1.807) is 32.2 Å². The molecule has 0 unspecified atom stereocenters. The molecule has 6 nitrogen and oxygen atoms in total. The number of aryl methyl sites for hydroxylation is 1. The van der Waals surface area contributed by atoms with Crippen LogP contribution in [0.4, 0.5) is 0 Å². The standard InChI is InChI=1S/C15H20N2O4/c1-4-5-15-16-14(17-21-15)9-20-13-8-11(19-3)6-7-12(13)10(2)18/h6-8,10,18H,4-5,9H2,1-3H3/t10-/m0/s1. The van der Waals surface area contributed by atoms with Crippen molar-refractivity contribution in [3.8, 4) is 11.5 Å². The number of aliphatic hydroxyl groups is 1. The summed E-state index contributed by atoms with van der Waals surface area (Å²) in [4.78, 5) is 4.24. The lowest BCUT2D eigenvalue weighted by atomic mass is 10.1. The van der Waals surface area contributed by atoms with Crippen LogP contribution in [0.25, 0.3) is 0 Å². The first-order chi connectivity index (χ1) is 10.1. The van der Waals surface area contributed by atoms with Crippen LogP contribution in [0.3, 0.4) is 0 Å². The van der Waals surface area contributed by atoms with Gasteiger partial charge in [-0.3, -0.25) is 0 Å². The number of benzene rings is 1. The smallest absolute Gasteiger partial charge is 0.226 e. The lowest BCUT2D eigenvalue weighted by Crippen LogP contribution is -2.03. The largest absolute Gasteiger partial charge is 0.497 e. The fourth-order valence-corrected chi connectivity index (χ4v) is 1.92. The summed E-state index contributed by atoms with van der Waals surface area (Å²) in [6, 6.07) is 5.29. The Balaban J connectivity index is 2.10. The van der Waals surface area contributed by atoms with Gasteiger partial charge in [-0.15, -0.1) is 0 Å². The minimum absolute atomic E-state index is 0.181. The van der Waals surface area contributed by atoms with E-state index in [-0.39, 0.29) is 6.61 Å². The zero-order valence-corrected chi connectivity index (χ0v) is 12.5. The van der Waals surface area contributed by atoms with Gasteiger partial charge in [0, 0.05) is 18.1 Å². The van der Waals surface area contributed by atoms with Crippen molar-refractivity contribution in [2.45, 2.75) is 39.4 Å². The summed E-state index contributed by atoms with van der Waals surface area (Å²) in [7, 11) is 1.58. The average Bonchev–Trinajstić information content (AvgIpc) is 2.92. The number of hydrogen-bond donors (Lipinski definition) is 1. The molecule has 0 radical (unpaired) electrons. The third-order valence-electron chi connectivity index (χ3n) is 3.00. The Morgan fingerprint density at radius 1 is 1.38 bits per heavy atom. The molecule has 0 saturated carbocycles. The Bertz CT molecular complexity index is 581. The Kier molecular flexibility index (Phi) is 5.16. The molecule has 1 aromatic carbocycles. The molecule has 0 aliphatic heterocycles. The maximum Gasteiger partial charge on any atom is 0.226 e. The zero-order valence-electron chi connectivity index (χ0n) is 12.5. The minimum atomic E-state index is -0.633. The Morgan fingerprint density at radius 2 is 2.19 bits per heavy atom. The molecule has 0 aliphatic carbocycles. The molecule has 0 aliphatic rings. The topological polar surface area (TPSA) is 77.6 Å². The highest BCUT2D eigenvalue weighted by atomic mass is 16.5. The highest BCUT2D eigenvalue weighted by molar-refractivity contribution is 5.41. The highest BCUT2D eigenvalue weighted by Gasteiger charge is 2.12. The second-order valence-electron chi connectivity index (χ2n) is 4.72. The summed E-state index contributed by atoms with van der Waals surface area (Å²) < 4.78 is 16.0. The molecule has 2 rings (SSSR count). The van der Waals surface area contributed by atoms with Gasteiger partial charge in [0.25, 0.3) is 0 Å². The summed E-state index contributed by atoms with van der Waals surface area (Å²) in [5, 5.41) is 13.6. The van der Waals surface area contributed by atoms with Crippen LogP contribution in [0.1, 0.15) is 43.7 Å². The van der Waals surface area contributed by atoms with Gasteiger partial charge in [-0.2, -0.15) is 4.98 Å². The van der Waals surface area contributed by atoms with E-state index in [0.29, 0.717) is 28.8 Å². The van der Waals surface area contributed by atoms with E-state index in [4.69, 9.17) is 14.0 Å². The number of nitrogens with zero attached hydrogens (tertiary/aromatic N) is 2. The Labute approximate surface area is 123 Å². The van der Waals surface area contributed by atoms with Crippen LogP contribution < -0.4 is 9.47 Å². The van der Waals surface area contributed by atoms with Gasteiger partial charge in [0.2, 0.25) is 11.7 Å². The van der Waals surface area contributed by atoms with Gasteiger partial charge in [0.1, 0.15) is 11.5 Å². The van der Waals surface area contributed by atoms with E-state index in [2.05, 4.69) is 10.1 Å². The molecular weight excluding hydrogens is 272 g/mol. The van der Waals surface area contributed by atoms with Crippen molar-refractivity contribution in [3.63, 3.8) is 0 Å². The van der Waals surface area contributed by atoms with Crippen molar-refractivity contribution in [1.82, 2.24) is 10.1 Å². The molecule has 1 heterocycles. The molecule has 1 atom stereocenters. The van der Waals surface area contributed by atoms with Crippen molar-refractivity contribution in [2.24, 2.45) is 0 Å². The molecule has 21 heavy (non-hydrogen) atoms. The molecule has 1 N–H and O–H groups in total. The lowest BCUT2D eigenvalue weighted by Gasteiger charge is -2.13. The van der Waals surface area contributed by atoms with E-state index < -0.39 is 6.10 Å². The van der Waals surface area contributed by atoms with Crippen molar-refractivity contribution < 1.29 is 19.1 Å². The van der Waals surface area contributed by atoms with Crippen molar-refractivity contribution in [3.05, 3.63) is 35.5 Å². The predicted octanol–water partition coefficient (Wildman–Crippen LogP) is 2.66. The number of ether oxygens (including phenoxy) is 2. The van der Waals surface area contributed by atoms with Crippen LogP contribution in [0, 0.1) is 0 Å². The van der Waals surface area contributed by atoms with Gasteiger partial charge in [0.15, 0.2) is 6.61 Å². The van der Waals surface area contributed by atoms with E-state index in [1.165, 1.54) is 0 Å². The second-order valence-corrected chi connectivity index (χ2v) is 4.72. The molecular formula is C15H20N2O4. The summed E-state index contributed by atoms with van der Waals surface area (Å²) in [5.41, 5.74) is 0.688. The average molecular weight is 292 g/mol. The molecule has 0 fully saturated rings. The highest BCUT2D eigenvalue weighted by Crippen LogP contribution is 2.29. The SMILES string of the molecule is CCCc1nc(COc2cc(OC)ccc2[C@H](C)O)no1. The minimum Gasteiger partial charge on any atom is -0.497 e. The van der Waals surface area contributed by atoms with Crippen LogP contribution in [-0.2, 0) is 13.0 Å². The summed E-state index contributed by atoms with van der Waals surface area (Å²) in [6.07, 6.45) is 1.07. The number of rotatable bonds is 7.